The SMILES string of the molecule is Nc1ccc(N2CCN(C(=O)O)CCC2=O)cc1. The van der Waals surface area contributed by atoms with Gasteiger partial charge in [0.05, 0.1) is 0 Å². The maximum Gasteiger partial charge on any atom is 0.407 e. The Morgan fingerprint density at radius 3 is 2.44 bits per heavy atom. The summed E-state index contributed by atoms with van der Waals surface area (Å²) in [7, 11) is 0. The van der Waals surface area contributed by atoms with E-state index in [-0.39, 0.29) is 18.9 Å². The lowest BCUT2D eigenvalue weighted by molar-refractivity contribution is -0.118. The molecular formula is C12H15N3O3. The Morgan fingerprint density at radius 2 is 1.83 bits per heavy atom. The van der Waals surface area contributed by atoms with Crippen molar-refractivity contribution >= 4 is 23.4 Å². The fourth-order valence-corrected chi connectivity index (χ4v) is 1.94. The third-order valence-corrected chi connectivity index (χ3v) is 2.97. The van der Waals surface area contributed by atoms with Crippen molar-refractivity contribution in [2.45, 2.75) is 6.42 Å². The van der Waals surface area contributed by atoms with Gasteiger partial charge in [0.1, 0.15) is 0 Å². The van der Waals surface area contributed by atoms with Crippen LogP contribution >= 0.6 is 0 Å². The van der Waals surface area contributed by atoms with Crippen LogP contribution in [0.1, 0.15) is 6.42 Å². The van der Waals surface area contributed by atoms with Crippen molar-refractivity contribution in [1.29, 1.82) is 0 Å². The summed E-state index contributed by atoms with van der Waals surface area (Å²) < 4.78 is 0. The van der Waals surface area contributed by atoms with E-state index in [1.165, 1.54) is 4.90 Å². The smallest absolute Gasteiger partial charge is 0.407 e. The molecule has 1 aliphatic rings. The van der Waals surface area contributed by atoms with Crippen molar-refractivity contribution in [3.05, 3.63) is 24.3 Å². The van der Waals surface area contributed by atoms with Crippen LogP contribution in [0.15, 0.2) is 24.3 Å². The van der Waals surface area contributed by atoms with E-state index in [4.69, 9.17) is 10.8 Å². The highest BCUT2D eigenvalue weighted by Crippen LogP contribution is 2.19. The second-order valence-corrected chi connectivity index (χ2v) is 4.16. The first-order chi connectivity index (χ1) is 8.58. The molecule has 1 heterocycles. The molecule has 18 heavy (non-hydrogen) atoms. The van der Waals surface area contributed by atoms with Gasteiger partial charge < -0.3 is 20.6 Å². The molecular weight excluding hydrogens is 234 g/mol. The number of nitrogens with zero attached hydrogens (tertiary/aromatic N) is 2. The highest BCUT2D eigenvalue weighted by molar-refractivity contribution is 5.94. The lowest BCUT2D eigenvalue weighted by Gasteiger charge is -2.21. The molecule has 6 nitrogen and oxygen atoms in total. The van der Waals surface area contributed by atoms with E-state index >= 15 is 0 Å². The number of rotatable bonds is 1. The van der Waals surface area contributed by atoms with Gasteiger partial charge in [-0.1, -0.05) is 0 Å². The molecule has 96 valence electrons. The van der Waals surface area contributed by atoms with Crippen LogP contribution in [0.4, 0.5) is 16.2 Å². The number of nitrogen functional groups attached to an aromatic ring is 1. The fourth-order valence-electron chi connectivity index (χ4n) is 1.94. The van der Waals surface area contributed by atoms with Crippen LogP contribution < -0.4 is 10.6 Å². The van der Waals surface area contributed by atoms with E-state index in [2.05, 4.69) is 0 Å². The summed E-state index contributed by atoms with van der Waals surface area (Å²) in [6.07, 6.45) is -0.779. The predicted molar refractivity (Wildman–Crippen MR) is 67.4 cm³/mol. The van der Waals surface area contributed by atoms with Crippen molar-refractivity contribution in [1.82, 2.24) is 4.90 Å². The first kappa shape index (κ1) is 12.2. The van der Waals surface area contributed by atoms with E-state index in [0.717, 1.165) is 5.69 Å². The summed E-state index contributed by atoms with van der Waals surface area (Å²) in [5.41, 5.74) is 6.98. The molecule has 1 aromatic carbocycles. The molecule has 0 saturated carbocycles. The molecule has 2 rings (SSSR count). The number of hydrogen-bond donors (Lipinski definition) is 2. The zero-order valence-electron chi connectivity index (χ0n) is 9.87. The normalized spacial score (nSPS) is 16.6. The van der Waals surface area contributed by atoms with E-state index < -0.39 is 6.09 Å². The molecule has 0 bridgehead atoms. The van der Waals surface area contributed by atoms with Crippen LogP contribution in [-0.4, -0.2) is 41.6 Å². The highest BCUT2D eigenvalue weighted by Gasteiger charge is 2.24. The van der Waals surface area contributed by atoms with Gasteiger partial charge in [-0.25, -0.2) is 4.79 Å². The standard InChI is InChI=1S/C12H15N3O3/c13-9-1-3-10(4-2-9)15-8-7-14(12(17)18)6-5-11(15)16/h1-4H,5-8,13H2,(H,17,18). The molecule has 0 aliphatic carbocycles. The zero-order chi connectivity index (χ0) is 13.1. The summed E-state index contributed by atoms with van der Waals surface area (Å²) >= 11 is 0. The van der Waals surface area contributed by atoms with E-state index in [9.17, 15) is 9.59 Å². The van der Waals surface area contributed by atoms with Crippen LogP contribution in [0.25, 0.3) is 0 Å². The van der Waals surface area contributed by atoms with Crippen molar-refractivity contribution < 1.29 is 14.7 Å². The third kappa shape index (κ3) is 2.53. The fraction of sp³-hybridized carbons (Fsp3) is 0.333. The summed E-state index contributed by atoms with van der Waals surface area (Å²) in [5.74, 6) is -0.0662. The highest BCUT2D eigenvalue weighted by atomic mass is 16.4. The minimum Gasteiger partial charge on any atom is -0.465 e. The van der Waals surface area contributed by atoms with Crippen LogP contribution in [0.2, 0.25) is 0 Å². The predicted octanol–water partition coefficient (Wildman–Crippen LogP) is 0.985. The van der Waals surface area contributed by atoms with Gasteiger partial charge in [-0.05, 0) is 24.3 Å². The number of carboxylic acid groups (broad SMARTS) is 1. The Morgan fingerprint density at radius 1 is 1.17 bits per heavy atom. The van der Waals surface area contributed by atoms with Crippen LogP contribution in [0.3, 0.4) is 0 Å². The minimum atomic E-state index is -0.984. The summed E-state index contributed by atoms with van der Waals surface area (Å²) in [4.78, 5) is 25.7. The van der Waals surface area contributed by atoms with Crippen LogP contribution in [0, 0.1) is 0 Å². The van der Waals surface area contributed by atoms with Crippen LogP contribution in [0.5, 0.6) is 0 Å². The van der Waals surface area contributed by atoms with Crippen molar-refractivity contribution in [2.24, 2.45) is 0 Å². The number of carbonyl (C=O) groups excluding carboxylic acids is 1. The van der Waals surface area contributed by atoms with Gasteiger partial charge in [0.15, 0.2) is 0 Å². The largest absolute Gasteiger partial charge is 0.465 e. The van der Waals surface area contributed by atoms with Gasteiger partial charge in [0.25, 0.3) is 0 Å². The lowest BCUT2D eigenvalue weighted by Crippen LogP contribution is -2.35. The molecule has 0 aromatic heterocycles. The Labute approximate surface area is 105 Å². The molecule has 1 fully saturated rings. The Hall–Kier alpha value is -2.24. The van der Waals surface area contributed by atoms with Gasteiger partial charge in [0, 0.05) is 37.4 Å². The van der Waals surface area contributed by atoms with Crippen LogP contribution in [-0.2, 0) is 4.79 Å². The molecule has 6 heteroatoms. The van der Waals surface area contributed by atoms with E-state index in [1.807, 2.05) is 0 Å². The Balaban J connectivity index is 2.15. The van der Waals surface area contributed by atoms with E-state index in [1.54, 1.807) is 29.2 Å². The van der Waals surface area contributed by atoms with Gasteiger partial charge >= 0.3 is 6.09 Å². The maximum atomic E-state index is 11.9. The van der Waals surface area contributed by atoms with Gasteiger partial charge in [-0.3, -0.25) is 4.79 Å². The minimum absolute atomic E-state index is 0.0662. The second kappa shape index (κ2) is 4.95. The first-order valence-electron chi connectivity index (χ1n) is 5.71. The molecule has 0 atom stereocenters. The topological polar surface area (TPSA) is 86.9 Å². The summed E-state index contributed by atoms with van der Waals surface area (Å²) in [6, 6.07) is 6.98. The molecule has 1 saturated heterocycles. The number of hydrogen-bond acceptors (Lipinski definition) is 3. The zero-order valence-corrected chi connectivity index (χ0v) is 9.87. The van der Waals surface area contributed by atoms with Crippen molar-refractivity contribution in [2.75, 3.05) is 30.3 Å². The molecule has 2 amide bonds. The monoisotopic (exact) mass is 249 g/mol. The van der Waals surface area contributed by atoms with Gasteiger partial charge in [-0.15, -0.1) is 0 Å². The van der Waals surface area contributed by atoms with Crippen molar-refractivity contribution in [3.63, 3.8) is 0 Å². The number of nitrogens with two attached hydrogens (primary N) is 1. The number of benzene rings is 1. The average molecular weight is 249 g/mol. The lowest BCUT2D eigenvalue weighted by atomic mass is 10.2. The molecule has 1 aliphatic heterocycles. The van der Waals surface area contributed by atoms with Gasteiger partial charge in [0.2, 0.25) is 5.91 Å². The molecule has 1 aromatic rings. The Kier molecular flexibility index (Phi) is 3.36. The number of carbonyl (C=O) groups is 2. The molecule has 0 spiro atoms. The van der Waals surface area contributed by atoms with Gasteiger partial charge in [-0.2, -0.15) is 0 Å². The third-order valence-electron chi connectivity index (χ3n) is 2.97. The first-order valence-corrected chi connectivity index (χ1v) is 5.71. The number of amides is 2. The quantitative estimate of drug-likeness (QED) is 0.726. The summed E-state index contributed by atoms with van der Waals surface area (Å²) in [5, 5.41) is 8.92. The molecule has 0 unspecified atom stereocenters. The van der Waals surface area contributed by atoms with E-state index in [0.29, 0.717) is 18.8 Å². The maximum absolute atomic E-state index is 11.9. The van der Waals surface area contributed by atoms with Crippen molar-refractivity contribution in [3.8, 4) is 0 Å². The second-order valence-electron chi connectivity index (χ2n) is 4.16. The Bertz CT molecular complexity index is 458. The average Bonchev–Trinajstić information content (AvgIpc) is 2.53. The summed E-state index contributed by atoms with van der Waals surface area (Å²) in [6.45, 7) is 0.945. The molecule has 3 N–H and O–H groups in total. The number of anilines is 2. The molecule has 0 radical (unpaired) electrons.